The average molecular weight is 504 g/mol. The number of hydrogen-bond donors (Lipinski definition) is 0. The van der Waals surface area contributed by atoms with E-state index in [1.807, 2.05) is 36.7 Å². The molecule has 1 aliphatic carbocycles. The van der Waals surface area contributed by atoms with Gasteiger partial charge in [0.2, 0.25) is 0 Å². The largest absolute Gasteiger partial charge is 0.426 e. The van der Waals surface area contributed by atoms with E-state index in [0.717, 1.165) is 62.5 Å². The number of hydrogen-bond acceptors (Lipinski definition) is 5. The molecule has 0 bridgehead atoms. The van der Waals surface area contributed by atoms with Crippen molar-refractivity contribution in [2.45, 2.75) is 117 Å². The van der Waals surface area contributed by atoms with Crippen LogP contribution in [0.1, 0.15) is 116 Å². The molecule has 1 fully saturated rings. The van der Waals surface area contributed by atoms with Gasteiger partial charge in [0, 0.05) is 18.0 Å². The molecule has 0 aliphatic heterocycles. The van der Waals surface area contributed by atoms with E-state index in [2.05, 4.69) is 29.9 Å². The maximum Gasteiger partial charge on any atom is 0.314 e. The fourth-order valence-corrected chi connectivity index (χ4v) is 5.33. The molecule has 3 rings (SSSR count). The summed E-state index contributed by atoms with van der Waals surface area (Å²) in [6.45, 7) is 4.44. The molecule has 0 spiro atoms. The molecule has 1 aliphatic rings. The van der Waals surface area contributed by atoms with Crippen LogP contribution in [-0.4, -0.2) is 15.9 Å². The number of ether oxygens (including phenoxy) is 1. The van der Waals surface area contributed by atoms with Crippen LogP contribution in [0.3, 0.4) is 0 Å². The number of carbonyl (C=O) groups is 1. The Balaban J connectivity index is 1.43. The second kappa shape index (κ2) is 15.5. The van der Waals surface area contributed by atoms with Gasteiger partial charge in [0.15, 0.2) is 5.82 Å². The molecule has 0 radical (unpaired) electrons. The molecular formula is C32H45N3O2. The number of aryl methyl sites for hydroxylation is 1. The van der Waals surface area contributed by atoms with Crippen LogP contribution in [0.15, 0.2) is 36.7 Å². The minimum atomic E-state index is -0.257. The van der Waals surface area contributed by atoms with Gasteiger partial charge in [0.25, 0.3) is 0 Å². The van der Waals surface area contributed by atoms with Gasteiger partial charge in [-0.05, 0) is 74.8 Å². The summed E-state index contributed by atoms with van der Waals surface area (Å²) in [5.74, 6) is 0.921. The zero-order valence-corrected chi connectivity index (χ0v) is 23.0. The Morgan fingerprint density at radius 2 is 1.51 bits per heavy atom. The Morgan fingerprint density at radius 3 is 2.14 bits per heavy atom. The lowest BCUT2D eigenvalue weighted by atomic mass is 9.69. The highest BCUT2D eigenvalue weighted by Gasteiger charge is 2.38. The molecule has 1 heterocycles. The van der Waals surface area contributed by atoms with Gasteiger partial charge in [-0.1, -0.05) is 71.6 Å². The van der Waals surface area contributed by atoms with Crippen molar-refractivity contribution in [3.63, 3.8) is 0 Å². The zero-order valence-electron chi connectivity index (χ0n) is 23.0. The number of rotatable bonds is 15. The van der Waals surface area contributed by atoms with Crippen LogP contribution < -0.4 is 4.74 Å². The van der Waals surface area contributed by atoms with E-state index in [1.165, 1.54) is 51.4 Å². The summed E-state index contributed by atoms with van der Waals surface area (Å²) in [7, 11) is 0. The zero-order chi connectivity index (χ0) is 26.3. The maximum absolute atomic E-state index is 12.8. The Labute approximate surface area is 224 Å². The van der Waals surface area contributed by atoms with Crippen LogP contribution in [0.25, 0.3) is 11.4 Å². The van der Waals surface area contributed by atoms with Crippen LogP contribution in [0.4, 0.5) is 0 Å². The fraction of sp³-hybridized carbons (Fsp3) is 0.625. The molecule has 0 amide bonds. The van der Waals surface area contributed by atoms with E-state index in [-0.39, 0.29) is 17.3 Å². The quantitative estimate of drug-likeness (QED) is 0.138. The van der Waals surface area contributed by atoms with Crippen molar-refractivity contribution in [1.82, 2.24) is 9.97 Å². The number of aromatic nitrogens is 2. The first-order valence-electron chi connectivity index (χ1n) is 14.6. The van der Waals surface area contributed by atoms with Crippen LogP contribution in [-0.2, 0) is 11.2 Å². The van der Waals surface area contributed by atoms with Crippen LogP contribution >= 0.6 is 0 Å². The van der Waals surface area contributed by atoms with Gasteiger partial charge in [-0.15, -0.1) is 0 Å². The van der Waals surface area contributed by atoms with E-state index in [9.17, 15) is 10.1 Å². The molecule has 37 heavy (non-hydrogen) atoms. The first-order valence-corrected chi connectivity index (χ1v) is 14.6. The Kier molecular flexibility index (Phi) is 12.1. The molecule has 0 atom stereocenters. The van der Waals surface area contributed by atoms with Gasteiger partial charge in [0.05, 0.1) is 17.4 Å². The normalized spacial score (nSPS) is 19.3. The Bertz CT molecular complexity index is 971. The van der Waals surface area contributed by atoms with Gasteiger partial charge < -0.3 is 4.74 Å². The van der Waals surface area contributed by atoms with E-state index >= 15 is 0 Å². The van der Waals surface area contributed by atoms with E-state index in [4.69, 9.17) is 4.74 Å². The summed E-state index contributed by atoms with van der Waals surface area (Å²) >= 11 is 0. The van der Waals surface area contributed by atoms with Crippen molar-refractivity contribution in [3.05, 3.63) is 42.2 Å². The highest BCUT2D eigenvalue weighted by molar-refractivity contribution is 5.75. The van der Waals surface area contributed by atoms with E-state index in [1.54, 1.807) is 0 Å². The molecule has 200 valence electrons. The van der Waals surface area contributed by atoms with Crippen LogP contribution in [0.2, 0.25) is 0 Å². The number of nitrogens with zero attached hydrogens (tertiary/aromatic N) is 3. The van der Waals surface area contributed by atoms with Crippen molar-refractivity contribution in [1.29, 1.82) is 5.26 Å². The number of unbranched alkanes of at least 4 members (excludes halogenated alkanes) is 8. The van der Waals surface area contributed by atoms with Gasteiger partial charge in [0.1, 0.15) is 5.75 Å². The first-order chi connectivity index (χ1) is 18.1. The monoisotopic (exact) mass is 503 g/mol. The van der Waals surface area contributed by atoms with Crippen LogP contribution in [0.5, 0.6) is 5.75 Å². The average Bonchev–Trinajstić information content (AvgIpc) is 2.94. The lowest BCUT2D eigenvalue weighted by Gasteiger charge is -2.34. The predicted octanol–water partition coefficient (Wildman–Crippen LogP) is 8.62. The van der Waals surface area contributed by atoms with Crippen molar-refractivity contribution in [3.8, 4) is 23.2 Å². The molecule has 5 heteroatoms. The molecule has 1 aromatic heterocycles. The molecule has 2 aromatic rings. The minimum absolute atomic E-state index is 0.126. The third kappa shape index (κ3) is 9.26. The van der Waals surface area contributed by atoms with Crippen molar-refractivity contribution >= 4 is 5.97 Å². The van der Waals surface area contributed by atoms with Gasteiger partial charge in [-0.2, -0.15) is 5.26 Å². The number of benzene rings is 1. The minimum Gasteiger partial charge on any atom is -0.426 e. The van der Waals surface area contributed by atoms with Gasteiger partial charge in [-0.25, -0.2) is 9.97 Å². The molecular weight excluding hydrogens is 458 g/mol. The van der Waals surface area contributed by atoms with Gasteiger partial charge >= 0.3 is 5.97 Å². The molecule has 1 saturated carbocycles. The lowest BCUT2D eigenvalue weighted by Crippen LogP contribution is -2.31. The van der Waals surface area contributed by atoms with Crippen molar-refractivity contribution in [2.24, 2.45) is 11.3 Å². The molecule has 1 aromatic carbocycles. The smallest absolute Gasteiger partial charge is 0.314 e. The predicted molar refractivity (Wildman–Crippen MR) is 149 cm³/mol. The first kappa shape index (κ1) is 28.8. The van der Waals surface area contributed by atoms with E-state index in [0.29, 0.717) is 11.6 Å². The third-order valence-corrected chi connectivity index (χ3v) is 7.88. The lowest BCUT2D eigenvalue weighted by molar-refractivity contribution is -0.140. The summed E-state index contributed by atoms with van der Waals surface area (Å²) in [5.41, 5.74) is 1.81. The van der Waals surface area contributed by atoms with Crippen molar-refractivity contribution in [2.75, 3.05) is 0 Å². The molecule has 0 unspecified atom stereocenters. The highest BCUT2D eigenvalue weighted by Crippen LogP contribution is 2.43. The second-order valence-electron chi connectivity index (χ2n) is 10.9. The molecule has 5 nitrogen and oxygen atoms in total. The van der Waals surface area contributed by atoms with Gasteiger partial charge in [-0.3, -0.25) is 4.79 Å². The third-order valence-electron chi connectivity index (χ3n) is 7.88. The fourth-order valence-electron chi connectivity index (χ4n) is 5.33. The Hall–Kier alpha value is -2.74. The summed E-state index contributed by atoms with van der Waals surface area (Å²) in [5, 5.41) is 9.88. The van der Waals surface area contributed by atoms with Crippen molar-refractivity contribution < 1.29 is 9.53 Å². The molecule has 0 saturated heterocycles. The number of nitriles is 1. The summed E-state index contributed by atoms with van der Waals surface area (Å²) in [6.07, 6.45) is 21.3. The number of carbonyl (C=O) groups excluding carboxylic acids is 1. The topological polar surface area (TPSA) is 75.9 Å². The standard InChI is InChI=1S/C32H45N3O2/c1-3-5-7-8-9-10-12-20-32(25-33)21-18-28(19-22-32)31(36)37-29-16-14-27(15-17-29)30-34-23-26(24-35-30)13-11-6-4-2/h14-17,23-24,28H,3-13,18-22H2,1-2H3. The number of esters is 1. The highest BCUT2D eigenvalue weighted by atomic mass is 16.5. The molecule has 0 N–H and O–H groups in total. The SMILES string of the molecule is CCCCCCCCCC1(C#N)CCC(C(=O)Oc2ccc(-c3ncc(CCCCC)cn3)cc2)CC1. The summed E-state index contributed by atoms with van der Waals surface area (Å²) in [4.78, 5) is 21.8. The summed E-state index contributed by atoms with van der Waals surface area (Å²) < 4.78 is 5.70. The maximum atomic E-state index is 12.8. The Morgan fingerprint density at radius 1 is 0.919 bits per heavy atom. The summed E-state index contributed by atoms with van der Waals surface area (Å²) in [6, 6.07) is 10.0. The van der Waals surface area contributed by atoms with E-state index < -0.39 is 0 Å². The van der Waals surface area contributed by atoms with Crippen LogP contribution in [0, 0.1) is 22.7 Å². The second-order valence-corrected chi connectivity index (χ2v) is 10.9.